The molecule has 4 rings (SSSR count). The van der Waals surface area contributed by atoms with E-state index in [0.29, 0.717) is 16.9 Å². The van der Waals surface area contributed by atoms with Gasteiger partial charge >= 0.3 is 72.1 Å². The van der Waals surface area contributed by atoms with Gasteiger partial charge in [0.05, 0.1) is 5.56 Å². The number of benzene rings is 4. The van der Waals surface area contributed by atoms with E-state index in [2.05, 4.69) is 0 Å². The number of hydrogen-bond donors (Lipinski definition) is 0. The van der Waals surface area contributed by atoms with Crippen molar-refractivity contribution >= 4 is 31.5 Å². The van der Waals surface area contributed by atoms with Gasteiger partial charge in [-0.25, -0.2) is 4.79 Å². The van der Waals surface area contributed by atoms with Gasteiger partial charge in [-0.15, -0.1) is 0 Å². The number of ketones is 1. The molecule has 7 nitrogen and oxygen atoms in total. The summed E-state index contributed by atoms with van der Waals surface area (Å²) >= 11 is -0.550. The molecule has 0 bridgehead atoms. The van der Waals surface area contributed by atoms with Crippen LogP contribution in [0.2, 0.25) is 0 Å². The van der Waals surface area contributed by atoms with E-state index in [1.165, 1.54) is 26.0 Å². The Kier molecular flexibility index (Phi) is 10.4. The van der Waals surface area contributed by atoms with E-state index >= 15 is 0 Å². The molecule has 0 aliphatic rings. The molecule has 0 aliphatic heterocycles. The van der Waals surface area contributed by atoms with Crippen molar-refractivity contribution in [1.29, 1.82) is 0 Å². The first-order valence-corrected chi connectivity index (χ1v) is 16.7. The summed E-state index contributed by atoms with van der Waals surface area (Å²) in [5, 5.41) is 0. The third-order valence-electron chi connectivity index (χ3n) is 5.09. The predicted molar refractivity (Wildman–Crippen MR) is 148 cm³/mol. The summed E-state index contributed by atoms with van der Waals surface area (Å²) in [4.78, 5) is 48.2. The van der Waals surface area contributed by atoms with Gasteiger partial charge in [-0.1, -0.05) is 24.3 Å². The molecule has 238 valence electrons. The van der Waals surface area contributed by atoms with Gasteiger partial charge in [-0.05, 0) is 72.8 Å². The van der Waals surface area contributed by atoms with Gasteiger partial charge in [0.15, 0.2) is 12.9 Å². The first-order chi connectivity index (χ1) is 20.7. The number of hydrogen-bond acceptors (Lipinski definition) is 7. The average Bonchev–Trinajstić information content (AvgIpc) is 2.92. The number of esters is 3. The second-order valence-corrected chi connectivity index (χ2v) is 13.9. The van der Waals surface area contributed by atoms with Crippen LogP contribution in [0.3, 0.4) is 0 Å². The van der Waals surface area contributed by atoms with E-state index in [9.17, 15) is 44.4 Å². The zero-order chi connectivity index (χ0) is 33.5. The van der Waals surface area contributed by atoms with Crippen molar-refractivity contribution in [3.8, 4) is 17.2 Å². The summed E-state index contributed by atoms with van der Waals surface area (Å²) in [5.41, 5.74) is 0.976. The summed E-state index contributed by atoms with van der Waals surface area (Å²) in [5.74, 6) is -1.12. The van der Waals surface area contributed by atoms with Crippen LogP contribution in [0.25, 0.3) is 0 Å². The van der Waals surface area contributed by atoms with Gasteiger partial charge < -0.3 is 14.2 Å². The Hall–Kier alpha value is -4.30. The maximum absolute atomic E-state index is 13.0. The number of ether oxygens (including phenoxy) is 3. The molecule has 0 amide bonds. The molecule has 0 radical (unpaired) electrons. The second-order valence-electron chi connectivity index (χ2n) is 8.91. The maximum atomic E-state index is 13.0. The molecule has 0 unspecified atom stereocenters. The van der Waals surface area contributed by atoms with Crippen LogP contribution in [0.15, 0.2) is 97.1 Å². The van der Waals surface area contributed by atoms with Gasteiger partial charge in [0, 0.05) is 19.4 Å². The molecule has 4 aromatic carbocycles. The van der Waals surface area contributed by atoms with Crippen LogP contribution in [-0.4, -0.2) is 23.7 Å². The van der Waals surface area contributed by atoms with Crippen molar-refractivity contribution in [2.75, 3.05) is 0 Å². The minimum atomic E-state index is -10.7. The fourth-order valence-electron chi connectivity index (χ4n) is 3.45. The van der Waals surface area contributed by atoms with Crippen molar-refractivity contribution in [2.45, 2.75) is 13.8 Å². The van der Waals surface area contributed by atoms with Crippen LogP contribution in [-0.2, 0) is 9.59 Å². The normalized spacial score (nSPS) is 12.4. The Balaban J connectivity index is 0.000000707. The van der Waals surface area contributed by atoms with E-state index in [1.807, 2.05) is 24.3 Å². The molecule has 4 aromatic rings. The zero-order valence-electron chi connectivity index (χ0n) is 23.2. The van der Waals surface area contributed by atoms with Gasteiger partial charge in [0.1, 0.15) is 22.8 Å². The first kappa shape index (κ1) is 35.2. The Bertz CT molecular complexity index is 1720. The standard InChI is InChI=1S/C30H22IO7.F6P/c1-19(32)36-27-9-5-3-7-25(27)29(34)21-11-13-22(14-12-21)31-23-15-17-24(18-16-23)38-30(35)26-8-4-6-10-28(26)37-20(2)33;1-7(2,3,4,5)6/h3-18H,1-2H3;/q+1;-1. The van der Waals surface area contributed by atoms with Gasteiger partial charge in [-0.3, -0.25) is 14.4 Å². The zero-order valence-corrected chi connectivity index (χ0v) is 26.2. The number of para-hydroxylation sites is 2. The molecule has 0 heterocycles. The molecule has 45 heavy (non-hydrogen) atoms. The fourth-order valence-corrected chi connectivity index (χ4v) is 5.61. The van der Waals surface area contributed by atoms with Gasteiger partial charge in [-0.2, -0.15) is 0 Å². The van der Waals surface area contributed by atoms with Crippen molar-refractivity contribution in [2.24, 2.45) is 0 Å². The molecule has 0 aliphatic carbocycles. The minimum absolute atomic E-state index is 0.143. The van der Waals surface area contributed by atoms with E-state index in [4.69, 9.17) is 14.2 Å². The molecule has 0 saturated heterocycles. The molecule has 0 fully saturated rings. The van der Waals surface area contributed by atoms with Gasteiger partial charge in [0.2, 0.25) is 0 Å². The monoisotopic (exact) mass is 766 g/mol. The Labute approximate surface area is 262 Å². The van der Waals surface area contributed by atoms with Crippen molar-refractivity contribution in [3.63, 3.8) is 0 Å². The molecular formula is C30H22F6IO7P. The first-order valence-electron chi connectivity index (χ1n) is 12.5. The second kappa shape index (κ2) is 13.4. The molecule has 0 aromatic heterocycles. The SMILES string of the molecule is CC(=O)Oc1ccccc1C(=O)Oc1ccc([I+]c2ccc(C(=O)c3ccccc3OC(C)=O)cc2)cc1.F[P-](F)(F)(F)(F)F. The third kappa shape index (κ3) is 13.1. The molecule has 0 spiro atoms. The van der Waals surface area contributed by atoms with Crippen molar-refractivity contribution < 1.29 is 79.8 Å². The van der Waals surface area contributed by atoms with E-state index < -0.39 is 46.9 Å². The van der Waals surface area contributed by atoms with Crippen LogP contribution < -0.4 is 35.4 Å². The summed E-state index contributed by atoms with van der Waals surface area (Å²) in [7, 11) is -10.7. The summed E-state index contributed by atoms with van der Waals surface area (Å²) in [6, 6.07) is 27.6. The summed E-state index contributed by atoms with van der Waals surface area (Å²) in [6.45, 7) is 2.56. The molecule has 0 atom stereocenters. The molecule has 15 heteroatoms. The van der Waals surface area contributed by atoms with Crippen LogP contribution in [0.1, 0.15) is 40.1 Å². The number of halogens is 7. The quantitative estimate of drug-likeness (QED) is 0.0585. The number of carbonyl (C=O) groups is 4. The average molecular weight is 766 g/mol. The van der Waals surface area contributed by atoms with Crippen molar-refractivity contribution in [1.82, 2.24) is 0 Å². The van der Waals surface area contributed by atoms with Gasteiger partial charge in [0.25, 0.3) is 0 Å². The van der Waals surface area contributed by atoms with Crippen molar-refractivity contribution in [3.05, 3.63) is 121 Å². The number of rotatable bonds is 8. The Morgan fingerprint density at radius 2 is 0.956 bits per heavy atom. The van der Waals surface area contributed by atoms with Crippen LogP contribution in [0, 0.1) is 7.14 Å². The van der Waals surface area contributed by atoms with Crippen LogP contribution in [0.5, 0.6) is 17.2 Å². The molecular weight excluding hydrogens is 744 g/mol. The van der Waals surface area contributed by atoms with E-state index in [1.54, 1.807) is 60.7 Å². The van der Waals surface area contributed by atoms with Crippen LogP contribution in [0.4, 0.5) is 25.2 Å². The third-order valence-corrected chi connectivity index (χ3v) is 7.78. The van der Waals surface area contributed by atoms with Crippen LogP contribution >= 0.6 is 7.81 Å². The molecule has 0 N–H and O–H groups in total. The van der Waals surface area contributed by atoms with E-state index in [0.717, 1.165) is 7.14 Å². The summed E-state index contributed by atoms with van der Waals surface area (Å²) < 4.78 is 77.1. The molecule has 0 saturated carbocycles. The summed E-state index contributed by atoms with van der Waals surface area (Å²) in [6.07, 6.45) is 0. The topological polar surface area (TPSA) is 96.0 Å². The van der Waals surface area contributed by atoms with E-state index in [-0.39, 0.29) is 22.8 Å². The predicted octanol–water partition coefficient (Wildman–Crippen LogP) is 5.50. The fraction of sp³-hybridized carbons (Fsp3) is 0.0667. The Morgan fingerprint density at radius 1 is 0.556 bits per heavy atom. The number of carbonyl (C=O) groups excluding carboxylic acids is 4. The Morgan fingerprint density at radius 3 is 1.42 bits per heavy atom.